The Bertz CT molecular complexity index is 858. The number of benzene rings is 2. The van der Waals surface area contributed by atoms with E-state index in [9.17, 15) is 17.2 Å². The van der Waals surface area contributed by atoms with E-state index in [4.69, 9.17) is 5.73 Å². The minimum Gasteiger partial charge on any atom is -0.330 e. The third-order valence-corrected chi connectivity index (χ3v) is 5.61. The molecule has 8 heteroatoms. The van der Waals surface area contributed by atoms with Gasteiger partial charge in [-0.05, 0) is 43.7 Å². The summed E-state index contributed by atoms with van der Waals surface area (Å²) >= 11 is 0. The maximum atomic E-state index is 14.2. The summed E-state index contributed by atoms with van der Waals surface area (Å²) < 4.78 is 55.4. The number of hydrogen-bond acceptors (Lipinski definition) is 3. The number of nitrogens with zero attached hydrogens (tertiary/aromatic N) is 2. The Morgan fingerprint density at radius 1 is 0.958 bits per heavy atom. The monoisotopic (exact) mass is 353 g/mol. The maximum Gasteiger partial charge on any atom is 0.331 e. The van der Waals surface area contributed by atoms with Crippen molar-refractivity contribution in [3.05, 3.63) is 54.1 Å². The highest BCUT2D eigenvalue weighted by molar-refractivity contribution is 7.95. The van der Waals surface area contributed by atoms with Gasteiger partial charge in [0.25, 0.3) is 0 Å². The normalized spacial score (nSPS) is 15.6. The third kappa shape index (κ3) is 2.71. The fourth-order valence-electron chi connectivity index (χ4n) is 2.73. The first-order valence-electron chi connectivity index (χ1n) is 7.54. The van der Waals surface area contributed by atoms with Crippen LogP contribution in [-0.4, -0.2) is 21.5 Å². The van der Waals surface area contributed by atoms with Crippen LogP contribution in [0.5, 0.6) is 0 Å². The van der Waals surface area contributed by atoms with Gasteiger partial charge in [0.2, 0.25) is 0 Å². The molecule has 2 N–H and O–H groups in total. The molecule has 24 heavy (non-hydrogen) atoms. The number of rotatable bonds is 5. The predicted octanol–water partition coefficient (Wildman–Crippen LogP) is 2.91. The molecule has 1 heterocycles. The molecule has 5 nitrogen and oxygen atoms in total. The van der Waals surface area contributed by atoms with Crippen LogP contribution in [0.1, 0.15) is 12.8 Å². The van der Waals surface area contributed by atoms with Crippen molar-refractivity contribution in [2.45, 2.75) is 12.8 Å². The first kappa shape index (κ1) is 16.7. The van der Waals surface area contributed by atoms with Gasteiger partial charge in [-0.2, -0.15) is 8.42 Å². The second-order valence-electron chi connectivity index (χ2n) is 5.42. The Labute approximate surface area is 139 Å². The van der Waals surface area contributed by atoms with E-state index < -0.39 is 21.8 Å². The Morgan fingerprint density at radius 3 is 2.33 bits per heavy atom. The molecule has 0 atom stereocenters. The van der Waals surface area contributed by atoms with Crippen molar-refractivity contribution >= 4 is 27.3 Å². The number of fused-ring (bicyclic) bond motifs is 1. The van der Waals surface area contributed by atoms with Crippen LogP contribution in [0, 0.1) is 11.6 Å². The van der Waals surface area contributed by atoms with E-state index in [1.54, 1.807) is 24.3 Å². The van der Waals surface area contributed by atoms with E-state index in [1.165, 1.54) is 4.31 Å². The molecule has 0 unspecified atom stereocenters. The van der Waals surface area contributed by atoms with E-state index in [2.05, 4.69) is 0 Å². The van der Waals surface area contributed by atoms with Crippen LogP contribution in [0.4, 0.5) is 25.8 Å². The third-order valence-electron chi connectivity index (χ3n) is 3.82. The van der Waals surface area contributed by atoms with E-state index in [0.717, 1.165) is 16.4 Å². The summed E-state index contributed by atoms with van der Waals surface area (Å²) in [6.45, 7) is 0.710. The second-order valence-corrected chi connectivity index (χ2v) is 7.13. The Kier molecular flexibility index (Phi) is 4.42. The summed E-state index contributed by atoms with van der Waals surface area (Å²) in [4.78, 5) is 0. The minimum atomic E-state index is -3.99. The molecule has 0 amide bonds. The quantitative estimate of drug-likeness (QED) is 0.841. The van der Waals surface area contributed by atoms with Gasteiger partial charge in [0.05, 0.1) is 17.1 Å². The second kappa shape index (κ2) is 6.37. The Hall–Kier alpha value is -2.19. The molecule has 0 saturated carbocycles. The summed E-state index contributed by atoms with van der Waals surface area (Å²) in [5, 5.41) is 0. The van der Waals surface area contributed by atoms with Gasteiger partial charge in [-0.3, -0.25) is 4.31 Å². The fraction of sp³-hybridized carbons (Fsp3) is 0.250. The molecule has 0 spiro atoms. The highest BCUT2D eigenvalue weighted by Crippen LogP contribution is 2.45. The molecule has 1 aliphatic rings. The molecule has 2 aromatic rings. The van der Waals surface area contributed by atoms with E-state index >= 15 is 0 Å². The molecular weight excluding hydrogens is 336 g/mol. The zero-order chi connectivity index (χ0) is 17.3. The average Bonchev–Trinajstić information content (AvgIpc) is 2.76. The lowest BCUT2D eigenvalue weighted by atomic mass is 10.2. The average molecular weight is 353 g/mol. The molecule has 3 rings (SSSR count). The van der Waals surface area contributed by atoms with Crippen LogP contribution in [0.3, 0.4) is 0 Å². The summed E-state index contributed by atoms with van der Waals surface area (Å²) in [5.41, 5.74) is 6.07. The highest BCUT2D eigenvalue weighted by Gasteiger charge is 2.41. The topological polar surface area (TPSA) is 66.6 Å². The largest absolute Gasteiger partial charge is 0.331 e. The SMILES string of the molecule is NCCCCN1c2ccccc2N(c2ccc(F)cc2F)S1(=O)=O. The van der Waals surface area contributed by atoms with Crippen molar-refractivity contribution in [3.63, 3.8) is 0 Å². The van der Waals surface area contributed by atoms with Gasteiger partial charge in [-0.15, -0.1) is 0 Å². The van der Waals surface area contributed by atoms with Crippen LogP contribution in [-0.2, 0) is 10.2 Å². The summed E-state index contributed by atoms with van der Waals surface area (Å²) in [6.07, 6.45) is 1.27. The first-order valence-corrected chi connectivity index (χ1v) is 8.93. The summed E-state index contributed by atoms with van der Waals surface area (Å²) in [6, 6.07) is 9.48. The van der Waals surface area contributed by atoms with Gasteiger partial charge in [0.15, 0.2) is 5.82 Å². The van der Waals surface area contributed by atoms with Gasteiger partial charge < -0.3 is 5.73 Å². The summed E-state index contributed by atoms with van der Waals surface area (Å²) in [7, 11) is -3.99. The van der Waals surface area contributed by atoms with E-state index in [-0.39, 0.29) is 12.2 Å². The summed E-state index contributed by atoms with van der Waals surface area (Å²) in [5.74, 6) is -1.70. The van der Waals surface area contributed by atoms with E-state index in [1.807, 2.05) is 0 Å². The molecule has 0 aromatic heterocycles. The predicted molar refractivity (Wildman–Crippen MR) is 89.5 cm³/mol. The Morgan fingerprint density at radius 2 is 1.67 bits per heavy atom. The van der Waals surface area contributed by atoms with Gasteiger partial charge in [-0.25, -0.2) is 13.1 Å². The number of nitrogens with two attached hydrogens (primary N) is 1. The van der Waals surface area contributed by atoms with Gasteiger partial charge in [0, 0.05) is 12.6 Å². The molecule has 0 radical (unpaired) electrons. The number of para-hydroxylation sites is 2. The van der Waals surface area contributed by atoms with Crippen molar-refractivity contribution in [3.8, 4) is 0 Å². The molecule has 2 aromatic carbocycles. The van der Waals surface area contributed by atoms with Gasteiger partial charge in [-0.1, -0.05) is 12.1 Å². The lowest BCUT2D eigenvalue weighted by Crippen LogP contribution is -2.36. The lowest BCUT2D eigenvalue weighted by Gasteiger charge is -2.22. The van der Waals surface area contributed by atoms with E-state index in [0.29, 0.717) is 36.8 Å². The molecule has 0 bridgehead atoms. The van der Waals surface area contributed by atoms with Crippen LogP contribution in [0.15, 0.2) is 42.5 Å². The molecule has 0 saturated heterocycles. The first-order chi connectivity index (χ1) is 11.5. The minimum absolute atomic E-state index is 0.204. The van der Waals surface area contributed by atoms with Crippen molar-refractivity contribution in [1.82, 2.24) is 0 Å². The number of halogens is 2. The molecular formula is C16H17F2N3O2S. The smallest absolute Gasteiger partial charge is 0.330 e. The Balaban J connectivity index is 2.10. The molecule has 0 aliphatic carbocycles. The zero-order valence-electron chi connectivity index (χ0n) is 12.8. The van der Waals surface area contributed by atoms with Crippen molar-refractivity contribution in [2.24, 2.45) is 5.73 Å². The van der Waals surface area contributed by atoms with Crippen LogP contribution in [0.25, 0.3) is 0 Å². The fourth-order valence-corrected chi connectivity index (χ4v) is 4.49. The standard InChI is InChI=1S/C16H17F2N3O2S/c17-12-7-8-14(13(18)11-12)21-16-6-2-1-5-15(16)20(24(21,22)23)10-4-3-9-19/h1-2,5-8,11H,3-4,9-10,19H2. The molecule has 0 fully saturated rings. The number of unbranched alkanes of at least 4 members (excludes halogenated alkanes) is 1. The van der Waals surface area contributed by atoms with Gasteiger partial charge in [0.1, 0.15) is 5.82 Å². The molecule has 128 valence electrons. The van der Waals surface area contributed by atoms with Crippen molar-refractivity contribution in [1.29, 1.82) is 0 Å². The van der Waals surface area contributed by atoms with Crippen LogP contribution >= 0.6 is 0 Å². The van der Waals surface area contributed by atoms with Gasteiger partial charge >= 0.3 is 10.2 Å². The lowest BCUT2D eigenvalue weighted by molar-refractivity contribution is 0.577. The maximum absolute atomic E-state index is 14.2. The van der Waals surface area contributed by atoms with Crippen molar-refractivity contribution < 1.29 is 17.2 Å². The number of anilines is 3. The van der Waals surface area contributed by atoms with Crippen LogP contribution < -0.4 is 14.3 Å². The van der Waals surface area contributed by atoms with Crippen LogP contribution in [0.2, 0.25) is 0 Å². The highest BCUT2D eigenvalue weighted by atomic mass is 32.2. The van der Waals surface area contributed by atoms with Crippen molar-refractivity contribution in [2.75, 3.05) is 21.7 Å². The molecule has 1 aliphatic heterocycles. The zero-order valence-corrected chi connectivity index (χ0v) is 13.6. The number of hydrogen-bond donors (Lipinski definition) is 1.